The summed E-state index contributed by atoms with van der Waals surface area (Å²) in [6.45, 7) is 5.64. The van der Waals surface area contributed by atoms with Gasteiger partial charge in [0.05, 0.1) is 19.3 Å². The molecule has 1 atom stereocenters. The highest BCUT2D eigenvalue weighted by Gasteiger charge is 2.25. The molecule has 0 saturated carbocycles. The minimum absolute atomic E-state index is 0. The summed E-state index contributed by atoms with van der Waals surface area (Å²) in [5.41, 5.74) is 2.03. The maximum Gasteiger partial charge on any atom is 0.194 e. The van der Waals surface area contributed by atoms with Crippen LogP contribution in [0, 0.1) is 5.82 Å². The van der Waals surface area contributed by atoms with Crippen molar-refractivity contribution < 1.29 is 9.13 Å². The van der Waals surface area contributed by atoms with Crippen LogP contribution >= 0.6 is 24.0 Å². The van der Waals surface area contributed by atoms with Gasteiger partial charge in [0.1, 0.15) is 11.9 Å². The van der Waals surface area contributed by atoms with Crippen LogP contribution in [0.15, 0.2) is 41.7 Å². The lowest BCUT2D eigenvalue weighted by atomic mass is 10.1. The highest BCUT2D eigenvalue weighted by molar-refractivity contribution is 14.0. The molecule has 2 aromatic rings. The number of halogens is 2. The number of benzene rings is 1. The molecular weight excluding hydrogens is 460 g/mol. The van der Waals surface area contributed by atoms with Crippen LogP contribution in [0.2, 0.25) is 0 Å². The molecule has 2 heterocycles. The van der Waals surface area contributed by atoms with Crippen molar-refractivity contribution in [2.75, 3.05) is 32.8 Å². The van der Waals surface area contributed by atoms with E-state index in [2.05, 4.69) is 22.2 Å². The lowest BCUT2D eigenvalue weighted by Gasteiger charge is -2.34. The first-order valence-corrected chi connectivity index (χ1v) is 9.03. The van der Waals surface area contributed by atoms with Gasteiger partial charge in [-0.3, -0.25) is 9.67 Å². The van der Waals surface area contributed by atoms with Gasteiger partial charge >= 0.3 is 0 Å². The van der Waals surface area contributed by atoms with Gasteiger partial charge in [-0.25, -0.2) is 4.39 Å². The third-order valence-corrected chi connectivity index (χ3v) is 4.35. The molecule has 0 radical (unpaired) electrons. The van der Waals surface area contributed by atoms with E-state index in [1.807, 2.05) is 25.5 Å². The van der Waals surface area contributed by atoms with Crippen LogP contribution < -0.4 is 5.32 Å². The molecule has 1 aromatic carbocycles. The molecule has 1 N–H and O–H groups in total. The van der Waals surface area contributed by atoms with Crippen molar-refractivity contribution in [1.29, 1.82) is 0 Å². The van der Waals surface area contributed by atoms with Crippen LogP contribution in [0.5, 0.6) is 0 Å². The van der Waals surface area contributed by atoms with Crippen LogP contribution in [0.3, 0.4) is 0 Å². The average Bonchev–Trinajstić information content (AvgIpc) is 3.08. The summed E-state index contributed by atoms with van der Waals surface area (Å²) in [4.78, 5) is 6.95. The van der Waals surface area contributed by atoms with Crippen molar-refractivity contribution in [1.82, 2.24) is 20.0 Å². The van der Waals surface area contributed by atoms with Crippen LogP contribution in [0.4, 0.5) is 4.39 Å². The van der Waals surface area contributed by atoms with E-state index >= 15 is 0 Å². The van der Waals surface area contributed by atoms with E-state index in [1.165, 1.54) is 6.07 Å². The minimum atomic E-state index is -0.203. The van der Waals surface area contributed by atoms with Gasteiger partial charge < -0.3 is 15.0 Å². The number of nitrogens with one attached hydrogen (secondary N) is 1. The number of aryl methyl sites for hydroxylation is 1. The first-order valence-electron chi connectivity index (χ1n) is 9.03. The SMILES string of the molecule is CCNC(=NCCc1cccc(F)c1)N1CCOC(c2cnn(C)c2)C1.I. The summed E-state index contributed by atoms with van der Waals surface area (Å²) in [5.74, 6) is 0.673. The molecule has 1 aliphatic heterocycles. The van der Waals surface area contributed by atoms with Gasteiger partial charge in [-0.05, 0) is 31.0 Å². The number of rotatable bonds is 5. The summed E-state index contributed by atoms with van der Waals surface area (Å²) >= 11 is 0. The Bertz CT molecular complexity index is 751. The third kappa shape index (κ3) is 6.17. The van der Waals surface area contributed by atoms with Crippen molar-refractivity contribution in [2.24, 2.45) is 12.0 Å². The predicted molar refractivity (Wildman–Crippen MR) is 115 cm³/mol. The van der Waals surface area contributed by atoms with E-state index in [1.54, 1.807) is 16.8 Å². The minimum Gasteiger partial charge on any atom is -0.370 e. The lowest BCUT2D eigenvalue weighted by Crippen LogP contribution is -2.48. The monoisotopic (exact) mass is 487 g/mol. The molecular formula is C19H27FIN5O. The van der Waals surface area contributed by atoms with E-state index in [0.29, 0.717) is 19.6 Å². The molecule has 27 heavy (non-hydrogen) atoms. The van der Waals surface area contributed by atoms with Gasteiger partial charge in [0.25, 0.3) is 0 Å². The topological polar surface area (TPSA) is 54.7 Å². The molecule has 1 unspecified atom stereocenters. The molecule has 6 nitrogen and oxygen atoms in total. The van der Waals surface area contributed by atoms with Gasteiger partial charge in [-0.2, -0.15) is 5.10 Å². The van der Waals surface area contributed by atoms with E-state index in [-0.39, 0.29) is 35.9 Å². The van der Waals surface area contributed by atoms with Gasteiger partial charge in [0, 0.05) is 38.4 Å². The second-order valence-electron chi connectivity index (χ2n) is 6.37. The van der Waals surface area contributed by atoms with Crippen LogP contribution in [0.25, 0.3) is 0 Å². The van der Waals surface area contributed by atoms with Gasteiger partial charge in [-0.1, -0.05) is 12.1 Å². The fraction of sp³-hybridized carbons (Fsp3) is 0.474. The van der Waals surface area contributed by atoms with E-state index in [9.17, 15) is 4.39 Å². The Morgan fingerprint density at radius 1 is 1.44 bits per heavy atom. The smallest absolute Gasteiger partial charge is 0.194 e. The number of aliphatic imine (C=N–C) groups is 1. The molecule has 0 spiro atoms. The fourth-order valence-corrected chi connectivity index (χ4v) is 3.06. The molecule has 0 bridgehead atoms. The normalized spacial score (nSPS) is 17.5. The standard InChI is InChI=1S/C19H26FN5O.HI/c1-3-21-19(22-8-7-15-5-4-6-17(20)11-15)25-9-10-26-18(14-25)16-12-23-24(2)13-16;/h4-6,11-13,18H,3,7-10,14H2,1-2H3,(H,21,22);1H. The predicted octanol–water partition coefficient (Wildman–Crippen LogP) is 2.76. The number of hydrogen-bond donors (Lipinski definition) is 1. The Labute approximate surface area is 176 Å². The van der Waals surface area contributed by atoms with Gasteiger partial charge in [-0.15, -0.1) is 24.0 Å². The zero-order valence-corrected chi connectivity index (χ0v) is 18.1. The molecule has 3 rings (SSSR count). The Morgan fingerprint density at radius 3 is 3.00 bits per heavy atom. The van der Waals surface area contributed by atoms with Crippen molar-refractivity contribution in [3.8, 4) is 0 Å². The third-order valence-electron chi connectivity index (χ3n) is 4.35. The van der Waals surface area contributed by atoms with Crippen molar-refractivity contribution in [2.45, 2.75) is 19.4 Å². The van der Waals surface area contributed by atoms with Crippen molar-refractivity contribution >= 4 is 29.9 Å². The number of aromatic nitrogens is 2. The van der Waals surface area contributed by atoms with E-state index in [0.717, 1.165) is 36.7 Å². The maximum absolute atomic E-state index is 13.3. The zero-order valence-electron chi connectivity index (χ0n) is 15.8. The molecule has 148 valence electrons. The fourth-order valence-electron chi connectivity index (χ4n) is 3.06. The second kappa shape index (κ2) is 10.6. The van der Waals surface area contributed by atoms with E-state index < -0.39 is 0 Å². The van der Waals surface area contributed by atoms with Crippen molar-refractivity contribution in [3.05, 3.63) is 53.6 Å². The maximum atomic E-state index is 13.3. The summed E-state index contributed by atoms with van der Waals surface area (Å²) < 4.78 is 21.0. The molecule has 8 heteroatoms. The average molecular weight is 487 g/mol. The molecule has 1 fully saturated rings. The second-order valence-corrected chi connectivity index (χ2v) is 6.37. The first kappa shape index (κ1) is 21.6. The van der Waals surface area contributed by atoms with Gasteiger partial charge in [0.15, 0.2) is 5.96 Å². The Hall–Kier alpha value is -1.68. The summed E-state index contributed by atoms with van der Waals surface area (Å²) in [6.07, 6.45) is 4.54. The highest BCUT2D eigenvalue weighted by atomic mass is 127. The number of morpholine rings is 1. The number of hydrogen-bond acceptors (Lipinski definition) is 3. The molecule has 0 amide bonds. The quantitative estimate of drug-likeness (QED) is 0.401. The Balaban J connectivity index is 0.00000261. The molecule has 0 aliphatic carbocycles. The number of ether oxygens (including phenoxy) is 1. The molecule has 1 aromatic heterocycles. The molecule has 1 saturated heterocycles. The lowest BCUT2D eigenvalue weighted by molar-refractivity contribution is -0.00803. The number of nitrogens with zero attached hydrogens (tertiary/aromatic N) is 4. The van der Waals surface area contributed by atoms with Crippen molar-refractivity contribution in [3.63, 3.8) is 0 Å². The van der Waals surface area contributed by atoms with Crippen LogP contribution in [0.1, 0.15) is 24.2 Å². The highest BCUT2D eigenvalue weighted by Crippen LogP contribution is 2.21. The van der Waals surface area contributed by atoms with Crippen LogP contribution in [-0.4, -0.2) is 53.4 Å². The van der Waals surface area contributed by atoms with E-state index in [4.69, 9.17) is 9.73 Å². The zero-order chi connectivity index (χ0) is 18.4. The molecule has 1 aliphatic rings. The van der Waals surface area contributed by atoms with Gasteiger partial charge in [0.2, 0.25) is 0 Å². The summed E-state index contributed by atoms with van der Waals surface area (Å²) in [5, 5.41) is 7.58. The Morgan fingerprint density at radius 2 is 2.30 bits per heavy atom. The number of guanidine groups is 1. The van der Waals surface area contributed by atoms with Crippen LogP contribution in [-0.2, 0) is 18.2 Å². The summed E-state index contributed by atoms with van der Waals surface area (Å²) in [6, 6.07) is 6.69. The summed E-state index contributed by atoms with van der Waals surface area (Å²) in [7, 11) is 1.90. The first-order chi connectivity index (χ1) is 12.7. The Kier molecular flexibility index (Phi) is 8.49. The largest absolute Gasteiger partial charge is 0.370 e.